The molecular weight excluding hydrogens is 266 g/mol. The molecule has 0 aromatic heterocycles. The number of rotatable bonds is 3. The lowest BCUT2D eigenvalue weighted by Crippen LogP contribution is -2.37. The van der Waals surface area contributed by atoms with Gasteiger partial charge in [0, 0.05) is 31.2 Å². The molecule has 1 unspecified atom stereocenters. The Morgan fingerprint density at radius 1 is 1.52 bits per heavy atom. The first kappa shape index (κ1) is 15.6. The van der Waals surface area contributed by atoms with Gasteiger partial charge in [0.25, 0.3) is 5.91 Å². The molecule has 2 rings (SSSR count). The van der Waals surface area contributed by atoms with E-state index in [2.05, 4.69) is 11.8 Å². The van der Waals surface area contributed by atoms with Crippen molar-refractivity contribution in [3.63, 3.8) is 0 Å². The Bertz CT molecular complexity index is 565. The molecule has 4 nitrogen and oxygen atoms in total. The molecule has 0 saturated carbocycles. The molecule has 1 atom stereocenters. The first-order valence-electron chi connectivity index (χ1n) is 7.18. The van der Waals surface area contributed by atoms with Crippen molar-refractivity contribution in [2.45, 2.75) is 25.8 Å². The minimum Gasteiger partial charge on any atom is -0.395 e. The first-order valence-corrected chi connectivity index (χ1v) is 7.18. The number of amides is 1. The van der Waals surface area contributed by atoms with E-state index in [-0.39, 0.29) is 18.6 Å². The number of carbonyl (C=O) groups excluding carboxylic acids is 1. The predicted octanol–water partition coefficient (Wildman–Crippen LogP) is 1.59. The molecule has 0 bridgehead atoms. The Balaban J connectivity index is 2.17. The Morgan fingerprint density at radius 2 is 2.33 bits per heavy atom. The zero-order chi connectivity index (χ0) is 15.2. The van der Waals surface area contributed by atoms with Crippen LogP contribution in [-0.2, 0) is 4.74 Å². The van der Waals surface area contributed by atoms with Crippen LogP contribution in [0.25, 0.3) is 0 Å². The van der Waals surface area contributed by atoms with Crippen LogP contribution in [0.5, 0.6) is 0 Å². The van der Waals surface area contributed by atoms with Gasteiger partial charge in [0.15, 0.2) is 0 Å². The maximum atomic E-state index is 12.5. The third-order valence-electron chi connectivity index (χ3n) is 3.72. The van der Waals surface area contributed by atoms with Gasteiger partial charge in [0.1, 0.15) is 0 Å². The zero-order valence-electron chi connectivity index (χ0n) is 12.6. The van der Waals surface area contributed by atoms with Gasteiger partial charge in [0.2, 0.25) is 0 Å². The number of aliphatic hydroxyl groups excluding tert-OH is 1. The highest BCUT2D eigenvalue weighted by Gasteiger charge is 2.25. The summed E-state index contributed by atoms with van der Waals surface area (Å²) in [6.07, 6.45) is 1.33. The Kier molecular flexibility index (Phi) is 5.38. The highest BCUT2D eigenvalue weighted by atomic mass is 16.5. The van der Waals surface area contributed by atoms with Crippen molar-refractivity contribution >= 4 is 5.91 Å². The number of hydrogen-bond acceptors (Lipinski definition) is 3. The van der Waals surface area contributed by atoms with Crippen LogP contribution in [-0.4, -0.2) is 48.8 Å². The molecule has 1 aliphatic rings. The van der Waals surface area contributed by atoms with Crippen molar-refractivity contribution in [1.82, 2.24) is 4.90 Å². The molecule has 0 radical (unpaired) electrons. The molecule has 1 amide bonds. The van der Waals surface area contributed by atoms with E-state index >= 15 is 0 Å². The predicted molar refractivity (Wildman–Crippen MR) is 81.1 cm³/mol. The summed E-state index contributed by atoms with van der Waals surface area (Å²) in [7, 11) is 1.82. The summed E-state index contributed by atoms with van der Waals surface area (Å²) in [4.78, 5) is 14.3. The number of aliphatic hydroxyl groups is 1. The number of nitrogens with zero attached hydrogens (tertiary/aromatic N) is 1. The second-order valence-corrected chi connectivity index (χ2v) is 5.24. The van der Waals surface area contributed by atoms with E-state index in [0.717, 1.165) is 17.5 Å². The molecule has 21 heavy (non-hydrogen) atoms. The average molecular weight is 287 g/mol. The van der Waals surface area contributed by atoms with Gasteiger partial charge in [-0.2, -0.15) is 0 Å². The number of aryl methyl sites for hydroxylation is 1. The summed E-state index contributed by atoms with van der Waals surface area (Å²) in [6, 6.07) is 5.73. The lowest BCUT2D eigenvalue weighted by Gasteiger charge is -2.23. The second-order valence-electron chi connectivity index (χ2n) is 5.24. The van der Waals surface area contributed by atoms with Crippen LogP contribution in [0.4, 0.5) is 0 Å². The van der Waals surface area contributed by atoms with Crippen molar-refractivity contribution in [2.24, 2.45) is 0 Å². The number of likely N-dealkylation sites (N-methyl/N-ethyl adjacent to an activating group) is 1. The maximum absolute atomic E-state index is 12.5. The number of benzene rings is 1. The standard InChI is InChI=1S/C17H21NO3/c1-13-6-7-15(11-14(13)5-3-4-9-19)17(20)18(2)16-8-10-21-12-16/h6-7,11,16,19H,4,8-10,12H2,1-2H3. The molecule has 1 heterocycles. The van der Waals surface area contributed by atoms with Crippen molar-refractivity contribution in [1.29, 1.82) is 0 Å². The van der Waals surface area contributed by atoms with Gasteiger partial charge in [0.05, 0.1) is 19.3 Å². The monoisotopic (exact) mass is 287 g/mol. The average Bonchev–Trinajstić information content (AvgIpc) is 3.02. The molecule has 0 spiro atoms. The minimum absolute atomic E-state index is 0.00397. The van der Waals surface area contributed by atoms with Gasteiger partial charge < -0.3 is 14.7 Å². The Morgan fingerprint density at radius 3 is 3.00 bits per heavy atom. The van der Waals surface area contributed by atoms with Gasteiger partial charge in [-0.15, -0.1) is 0 Å². The minimum atomic E-state index is -0.00397. The SMILES string of the molecule is Cc1ccc(C(=O)N(C)C2CCOC2)cc1C#CCCO. The van der Waals surface area contributed by atoms with Gasteiger partial charge in [-0.1, -0.05) is 17.9 Å². The molecule has 1 aromatic carbocycles. The molecule has 0 aliphatic carbocycles. The number of ether oxygens (including phenoxy) is 1. The molecule has 1 saturated heterocycles. The van der Waals surface area contributed by atoms with Crippen LogP contribution < -0.4 is 0 Å². The second kappa shape index (κ2) is 7.26. The molecule has 4 heteroatoms. The van der Waals surface area contributed by atoms with Crippen molar-refractivity contribution in [3.8, 4) is 11.8 Å². The smallest absolute Gasteiger partial charge is 0.253 e. The summed E-state index contributed by atoms with van der Waals surface area (Å²) < 4.78 is 5.33. The van der Waals surface area contributed by atoms with E-state index in [1.54, 1.807) is 4.90 Å². The van der Waals surface area contributed by atoms with Crippen molar-refractivity contribution < 1.29 is 14.6 Å². The number of hydrogen-bond donors (Lipinski definition) is 1. The molecule has 1 N–H and O–H groups in total. The largest absolute Gasteiger partial charge is 0.395 e. The van der Waals surface area contributed by atoms with Crippen molar-refractivity contribution in [3.05, 3.63) is 34.9 Å². The zero-order valence-corrected chi connectivity index (χ0v) is 12.6. The van der Waals surface area contributed by atoms with E-state index < -0.39 is 0 Å². The lowest BCUT2D eigenvalue weighted by atomic mass is 10.0. The van der Waals surface area contributed by atoms with Gasteiger partial charge in [-0.25, -0.2) is 0 Å². The van der Waals surface area contributed by atoms with E-state index in [4.69, 9.17) is 9.84 Å². The third kappa shape index (κ3) is 3.84. The van der Waals surface area contributed by atoms with Crippen LogP contribution >= 0.6 is 0 Å². The van der Waals surface area contributed by atoms with Crippen LogP contribution in [0.2, 0.25) is 0 Å². The third-order valence-corrected chi connectivity index (χ3v) is 3.72. The van der Waals surface area contributed by atoms with E-state index in [9.17, 15) is 4.79 Å². The van der Waals surface area contributed by atoms with E-state index in [1.165, 1.54) is 0 Å². The maximum Gasteiger partial charge on any atom is 0.253 e. The summed E-state index contributed by atoms with van der Waals surface area (Å²) in [5, 5.41) is 8.78. The summed E-state index contributed by atoms with van der Waals surface area (Å²) in [5.74, 6) is 5.91. The molecule has 1 aliphatic heterocycles. The van der Waals surface area contributed by atoms with Crippen LogP contribution in [0.3, 0.4) is 0 Å². The summed E-state index contributed by atoms with van der Waals surface area (Å²) in [6.45, 7) is 3.34. The van der Waals surface area contributed by atoms with Crippen molar-refractivity contribution in [2.75, 3.05) is 26.9 Å². The highest BCUT2D eigenvalue weighted by molar-refractivity contribution is 5.94. The fraction of sp³-hybridized carbons (Fsp3) is 0.471. The fourth-order valence-electron chi connectivity index (χ4n) is 2.30. The fourth-order valence-corrected chi connectivity index (χ4v) is 2.30. The molecule has 1 aromatic rings. The normalized spacial score (nSPS) is 17.2. The highest BCUT2D eigenvalue weighted by Crippen LogP contribution is 2.16. The lowest BCUT2D eigenvalue weighted by molar-refractivity contribution is 0.0711. The Hall–Kier alpha value is -1.83. The quantitative estimate of drug-likeness (QED) is 0.859. The summed E-state index contributed by atoms with van der Waals surface area (Å²) in [5.41, 5.74) is 2.51. The van der Waals surface area contributed by atoms with Crippen LogP contribution in [0.1, 0.15) is 34.3 Å². The van der Waals surface area contributed by atoms with E-state index in [1.807, 2.05) is 32.2 Å². The number of carbonyl (C=O) groups is 1. The van der Waals surface area contributed by atoms with Gasteiger partial charge in [-0.3, -0.25) is 4.79 Å². The Labute approximate surface area is 125 Å². The molecular formula is C17H21NO3. The van der Waals surface area contributed by atoms with Gasteiger partial charge in [-0.05, 0) is 31.0 Å². The van der Waals surface area contributed by atoms with Crippen LogP contribution in [0, 0.1) is 18.8 Å². The molecule has 112 valence electrons. The van der Waals surface area contributed by atoms with Crippen LogP contribution in [0.15, 0.2) is 18.2 Å². The van der Waals surface area contributed by atoms with Gasteiger partial charge >= 0.3 is 0 Å². The topological polar surface area (TPSA) is 49.8 Å². The molecule has 1 fully saturated rings. The summed E-state index contributed by atoms with van der Waals surface area (Å²) >= 11 is 0. The van der Waals surface area contributed by atoms with E-state index in [0.29, 0.717) is 25.2 Å². The first-order chi connectivity index (χ1) is 10.1.